The third-order valence-corrected chi connectivity index (χ3v) is 8.55. The SMILES string of the molecule is Cc1nc(C(=O)N2[C@H](CNC(=O)c3cccc4cccnc34)C[C@@H]3C[C@@H]32)c(-c2ccc(C)c(C)c2)s1. The molecule has 36 heavy (non-hydrogen) atoms. The quantitative estimate of drug-likeness (QED) is 0.406. The van der Waals surface area contributed by atoms with E-state index in [9.17, 15) is 9.59 Å². The van der Waals surface area contributed by atoms with E-state index in [1.165, 1.54) is 11.1 Å². The van der Waals surface area contributed by atoms with Crippen molar-refractivity contribution in [3.8, 4) is 10.4 Å². The van der Waals surface area contributed by atoms with Gasteiger partial charge < -0.3 is 10.2 Å². The number of aromatic nitrogens is 2. The van der Waals surface area contributed by atoms with E-state index in [1.807, 2.05) is 36.1 Å². The zero-order chi connectivity index (χ0) is 25.0. The number of para-hydroxylation sites is 1. The summed E-state index contributed by atoms with van der Waals surface area (Å²) in [4.78, 5) is 39.0. The van der Waals surface area contributed by atoms with Gasteiger partial charge in [-0.3, -0.25) is 14.6 Å². The van der Waals surface area contributed by atoms with Crippen LogP contribution >= 0.6 is 11.3 Å². The van der Waals surface area contributed by atoms with Gasteiger partial charge in [0.15, 0.2) is 0 Å². The van der Waals surface area contributed by atoms with E-state index in [1.54, 1.807) is 23.6 Å². The van der Waals surface area contributed by atoms with Crippen molar-refractivity contribution in [3.05, 3.63) is 82.1 Å². The molecule has 3 heterocycles. The largest absolute Gasteiger partial charge is 0.350 e. The molecule has 3 atom stereocenters. The molecule has 182 valence electrons. The van der Waals surface area contributed by atoms with Gasteiger partial charge >= 0.3 is 0 Å². The number of aryl methyl sites for hydroxylation is 3. The monoisotopic (exact) mass is 496 g/mol. The predicted molar refractivity (Wildman–Crippen MR) is 142 cm³/mol. The molecular formula is C29H28N4O2S. The Labute approximate surface area is 214 Å². The fourth-order valence-electron chi connectivity index (χ4n) is 5.42. The molecule has 0 radical (unpaired) electrons. The Kier molecular flexibility index (Phi) is 5.60. The Morgan fingerprint density at radius 2 is 1.89 bits per heavy atom. The topological polar surface area (TPSA) is 75.2 Å². The molecular weight excluding hydrogens is 468 g/mol. The lowest BCUT2D eigenvalue weighted by Crippen LogP contribution is -2.45. The number of fused-ring (bicyclic) bond motifs is 2. The predicted octanol–water partition coefficient (Wildman–Crippen LogP) is 5.32. The molecule has 6 nitrogen and oxygen atoms in total. The third-order valence-electron chi connectivity index (χ3n) is 7.53. The van der Waals surface area contributed by atoms with Crippen molar-refractivity contribution in [2.24, 2.45) is 5.92 Å². The number of pyridine rings is 1. The fraction of sp³-hybridized carbons (Fsp3) is 0.310. The van der Waals surface area contributed by atoms with Gasteiger partial charge in [0.1, 0.15) is 5.69 Å². The Hall–Kier alpha value is -3.58. The van der Waals surface area contributed by atoms with Crippen LogP contribution in [0.25, 0.3) is 21.3 Å². The summed E-state index contributed by atoms with van der Waals surface area (Å²) in [6.45, 7) is 6.55. The fourth-order valence-corrected chi connectivity index (χ4v) is 6.33. The molecule has 4 aromatic rings. The molecule has 2 aliphatic rings. The van der Waals surface area contributed by atoms with Crippen LogP contribution in [0.15, 0.2) is 54.7 Å². The summed E-state index contributed by atoms with van der Waals surface area (Å²) in [6, 6.07) is 16.0. The summed E-state index contributed by atoms with van der Waals surface area (Å²) in [5.74, 6) is 0.330. The lowest BCUT2D eigenvalue weighted by molar-refractivity contribution is 0.0684. The van der Waals surface area contributed by atoms with E-state index in [2.05, 4.69) is 47.3 Å². The molecule has 6 rings (SSSR count). The molecule has 1 aliphatic carbocycles. The first-order chi connectivity index (χ1) is 17.4. The number of benzene rings is 2. The van der Waals surface area contributed by atoms with Crippen LogP contribution in [-0.2, 0) is 0 Å². The van der Waals surface area contributed by atoms with Crippen LogP contribution in [0.5, 0.6) is 0 Å². The van der Waals surface area contributed by atoms with Gasteiger partial charge in [-0.25, -0.2) is 4.98 Å². The highest BCUT2D eigenvalue weighted by Crippen LogP contribution is 2.49. The average Bonchev–Trinajstić information content (AvgIpc) is 3.37. The van der Waals surface area contributed by atoms with Gasteiger partial charge in [-0.15, -0.1) is 11.3 Å². The molecule has 7 heteroatoms. The van der Waals surface area contributed by atoms with Crippen LogP contribution in [-0.4, -0.2) is 45.3 Å². The molecule has 0 bridgehead atoms. The van der Waals surface area contributed by atoms with Crippen molar-refractivity contribution in [2.45, 2.75) is 45.7 Å². The number of nitrogens with zero attached hydrogens (tertiary/aromatic N) is 3. The van der Waals surface area contributed by atoms with Crippen molar-refractivity contribution in [1.29, 1.82) is 0 Å². The summed E-state index contributed by atoms with van der Waals surface area (Å²) < 4.78 is 0. The minimum atomic E-state index is -0.160. The second kappa shape index (κ2) is 8.82. The minimum absolute atomic E-state index is 0.0244. The summed E-state index contributed by atoms with van der Waals surface area (Å²) in [5.41, 5.74) is 5.24. The lowest BCUT2D eigenvalue weighted by Gasteiger charge is -2.27. The maximum Gasteiger partial charge on any atom is 0.274 e. The van der Waals surface area contributed by atoms with Gasteiger partial charge in [0.25, 0.3) is 11.8 Å². The number of nitrogens with one attached hydrogen (secondary N) is 1. The molecule has 0 spiro atoms. The third kappa shape index (κ3) is 3.97. The second-order valence-electron chi connectivity index (χ2n) is 9.97. The van der Waals surface area contributed by atoms with E-state index >= 15 is 0 Å². The number of hydrogen-bond acceptors (Lipinski definition) is 5. The molecule has 1 saturated carbocycles. The maximum absolute atomic E-state index is 13.9. The molecule has 1 N–H and O–H groups in total. The number of amides is 2. The van der Waals surface area contributed by atoms with Gasteiger partial charge in [-0.1, -0.05) is 36.4 Å². The number of carbonyl (C=O) groups excluding carboxylic acids is 2. The van der Waals surface area contributed by atoms with Gasteiger partial charge in [0.05, 0.1) is 27.0 Å². The molecule has 2 aromatic carbocycles. The van der Waals surface area contributed by atoms with Crippen LogP contribution in [0.4, 0.5) is 0 Å². The lowest BCUT2D eigenvalue weighted by atomic mass is 10.0. The Bertz CT molecular complexity index is 1510. The Morgan fingerprint density at radius 1 is 1.06 bits per heavy atom. The zero-order valence-electron chi connectivity index (χ0n) is 20.6. The van der Waals surface area contributed by atoms with Gasteiger partial charge in [0, 0.05) is 24.2 Å². The first-order valence-corrected chi connectivity index (χ1v) is 13.2. The summed E-state index contributed by atoms with van der Waals surface area (Å²) in [5, 5.41) is 4.90. The van der Waals surface area contributed by atoms with E-state index in [0.29, 0.717) is 29.2 Å². The van der Waals surface area contributed by atoms with Crippen LogP contribution < -0.4 is 5.32 Å². The summed E-state index contributed by atoms with van der Waals surface area (Å²) in [7, 11) is 0. The second-order valence-corrected chi connectivity index (χ2v) is 11.2. The minimum Gasteiger partial charge on any atom is -0.350 e. The van der Waals surface area contributed by atoms with Gasteiger partial charge in [-0.2, -0.15) is 0 Å². The molecule has 0 unspecified atom stereocenters. The normalized spacial score (nSPS) is 20.4. The highest BCUT2D eigenvalue weighted by molar-refractivity contribution is 7.15. The smallest absolute Gasteiger partial charge is 0.274 e. The standard InChI is InChI=1S/C29H28N4O2S/c1-16-9-10-20(12-17(16)2)27-26(32-18(3)36-27)29(35)33-22(13-21-14-24(21)33)15-31-28(34)23-8-4-6-19-7-5-11-30-25(19)23/h4-12,21-22,24H,13-15H2,1-3H3,(H,31,34)/t21-,22+,24+/m1/s1. The highest BCUT2D eigenvalue weighted by Gasteiger charge is 2.54. The first kappa shape index (κ1) is 22.9. The molecule has 1 aliphatic heterocycles. The molecule has 2 amide bonds. The van der Waals surface area contributed by atoms with Crippen LogP contribution in [0.1, 0.15) is 49.8 Å². The van der Waals surface area contributed by atoms with Crippen LogP contribution in [0, 0.1) is 26.7 Å². The van der Waals surface area contributed by atoms with Gasteiger partial charge in [-0.05, 0) is 68.4 Å². The molecule has 2 fully saturated rings. The van der Waals surface area contributed by atoms with Crippen LogP contribution in [0.3, 0.4) is 0 Å². The maximum atomic E-state index is 13.9. The van der Waals surface area contributed by atoms with Crippen molar-refractivity contribution in [1.82, 2.24) is 20.2 Å². The number of likely N-dealkylation sites (tertiary alicyclic amines) is 1. The van der Waals surface area contributed by atoms with Crippen molar-refractivity contribution in [3.63, 3.8) is 0 Å². The number of carbonyl (C=O) groups is 2. The van der Waals surface area contributed by atoms with E-state index in [4.69, 9.17) is 0 Å². The van der Waals surface area contributed by atoms with Crippen molar-refractivity contribution >= 4 is 34.1 Å². The number of piperidine rings is 1. The van der Waals surface area contributed by atoms with E-state index in [-0.39, 0.29) is 23.9 Å². The van der Waals surface area contributed by atoms with E-state index < -0.39 is 0 Å². The summed E-state index contributed by atoms with van der Waals surface area (Å²) in [6.07, 6.45) is 3.64. The number of hydrogen-bond donors (Lipinski definition) is 1. The average molecular weight is 497 g/mol. The number of thiazole rings is 1. The van der Waals surface area contributed by atoms with Crippen molar-refractivity contribution in [2.75, 3.05) is 6.54 Å². The molecule has 2 aromatic heterocycles. The first-order valence-electron chi connectivity index (χ1n) is 12.4. The van der Waals surface area contributed by atoms with E-state index in [0.717, 1.165) is 33.7 Å². The zero-order valence-corrected chi connectivity index (χ0v) is 21.4. The van der Waals surface area contributed by atoms with Crippen LogP contribution in [0.2, 0.25) is 0 Å². The Morgan fingerprint density at radius 3 is 2.72 bits per heavy atom. The highest BCUT2D eigenvalue weighted by atomic mass is 32.1. The Balaban J connectivity index is 1.24. The summed E-state index contributed by atoms with van der Waals surface area (Å²) >= 11 is 1.57. The number of rotatable bonds is 5. The van der Waals surface area contributed by atoms with Gasteiger partial charge in [0.2, 0.25) is 0 Å². The van der Waals surface area contributed by atoms with Crippen molar-refractivity contribution < 1.29 is 9.59 Å². The molecule has 1 saturated heterocycles.